The van der Waals surface area contributed by atoms with E-state index in [1.54, 1.807) is 43.3 Å². The van der Waals surface area contributed by atoms with E-state index < -0.39 is 5.63 Å². The average Bonchev–Trinajstić information content (AvgIpc) is 3.11. The molecule has 0 saturated heterocycles. The van der Waals surface area contributed by atoms with Gasteiger partial charge in [0.1, 0.15) is 29.5 Å². The predicted octanol–water partition coefficient (Wildman–Crippen LogP) is 5.09. The Kier molecular flexibility index (Phi) is 4.39. The van der Waals surface area contributed by atoms with Gasteiger partial charge in [-0.05, 0) is 55.8 Å². The first kappa shape index (κ1) is 17.9. The Morgan fingerprint density at radius 3 is 2.50 bits per heavy atom. The van der Waals surface area contributed by atoms with Crippen LogP contribution in [-0.4, -0.2) is 5.11 Å². The minimum atomic E-state index is -0.609. The van der Waals surface area contributed by atoms with Crippen molar-refractivity contribution in [3.63, 3.8) is 0 Å². The number of benzene rings is 2. The highest BCUT2D eigenvalue weighted by molar-refractivity contribution is 5.84. The molecule has 5 nitrogen and oxygen atoms in total. The lowest BCUT2D eigenvalue weighted by molar-refractivity contribution is 0.306. The molecule has 1 N–H and O–H groups in total. The SMILES string of the molecule is Cc1c(-c2cc3cc(OCc4ccc(F)cc4)ccc3o2)oc(=O)c(C)c1O. The number of hydrogen-bond acceptors (Lipinski definition) is 5. The van der Waals surface area contributed by atoms with Crippen LogP contribution in [0.1, 0.15) is 16.7 Å². The zero-order valence-corrected chi connectivity index (χ0v) is 15.3. The van der Waals surface area contributed by atoms with E-state index in [9.17, 15) is 14.3 Å². The maximum atomic E-state index is 13.0. The summed E-state index contributed by atoms with van der Waals surface area (Å²) in [5.74, 6) is 0.762. The summed E-state index contributed by atoms with van der Waals surface area (Å²) in [5.41, 5.74) is 1.42. The molecule has 0 radical (unpaired) electrons. The Labute approximate surface area is 159 Å². The molecule has 0 aliphatic heterocycles. The van der Waals surface area contributed by atoms with Crippen molar-refractivity contribution >= 4 is 11.0 Å². The topological polar surface area (TPSA) is 72.8 Å². The van der Waals surface area contributed by atoms with Gasteiger partial charge >= 0.3 is 5.63 Å². The van der Waals surface area contributed by atoms with E-state index >= 15 is 0 Å². The molecular formula is C22H17FO5. The molecule has 0 saturated carbocycles. The predicted molar refractivity (Wildman–Crippen MR) is 102 cm³/mol. The van der Waals surface area contributed by atoms with E-state index in [4.69, 9.17) is 13.6 Å². The lowest BCUT2D eigenvalue weighted by atomic mass is 10.1. The smallest absolute Gasteiger partial charge is 0.343 e. The Hall–Kier alpha value is -3.54. The van der Waals surface area contributed by atoms with Gasteiger partial charge in [0.2, 0.25) is 0 Å². The first-order valence-electron chi connectivity index (χ1n) is 8.67. The standard InChI is InChI=1S/C22H17FO5/c1-12-20(24)13(2)22(25)28-21(12)19-10-15-9-17(7-8-18(15)27-19)26-11-14-3-5-16(23)6-4-14/h3-10,24H,11H2,1-2H3. The summed E-state index contributed by atoms with van der Waals surface area (Å²) in [4.78, 5) is 11.9. The van der Waals surface area contributed by atoms with Crippen molar-refractivity contribution in [3.8, 4) is 23.0 Å². The maximum absolute atomic E-state index is 13.0. The summed E-state index contributed by atoms with van der Waals surface area (Å²) in [6.45, 7) is 3.46. The Morgan fingerprint density at radius 1 is 1.00 bits per heavy atom. The molecule has 2 aromatic carbocycles. The van der Waals surface area contributed by atoms with Gasteiger partial charge in [-0.2, -0.15) is 0 Å². The fourth-order valence-electron chi connectivity index (χ4n) is 2.94. The maximum Gasteiger partial charge on any atom is 0.343 e. The number of halogens is 1. The van der Waals surface area contributed by atoms with Crippen molar-refractivity contribution in [1.82, 2.24) is 0 Å². The first-order valence-corrected chi connectivity index (χ1v) is 8.67. The van der Waals surface area contributed by atoms with E-state index in [1.807, 2.05) is 0 Å². The molecule has 0 bridgehead atoms. The second-order valence-corrected chi connectivity index (χ2v) is 6.54. The second-order valence-electron chi connectivity index (χ2n) is 6.54. The summed E-state index contributed by atoms with van der Waals surface area (Å²) in [5, 5.41) is 10.9. The molecule has 0 unspecified atom stereocenters. The average molecular weight is 380 g/mol. The van der Waals surface area contributed by atoms with Crippen LogP contribution in [0.4, 0.5) is 4.39 Å². The minimum absolute atomic E-state index is 0.102. The number of hydrogen-bond donors (Lipinski definition) is 1. The fourth-order valence-corrected chi connectivity index (χ4v) is 2.94. The number of rotatable bonds is 4. The van der Waals surface area contributed by atoms with Crippen molar-refractivity contribution in [2.45, 2.75) is 20.5 Å². The molecule has 142 valence electrons. The van der Waals surface area contributed by atoms with Crippen LogP contribution in [0.25, 0.3) is 22.5 Å². The summed E-state index contributed by atoms with van der Waals surface area (Å²) in [6, 6.07) is 13.1. The van der Waals surface area contributed by atoms with Gasteiger partial charge in [-0.3, -0.25) is 0 Å². The van der Waals surface area contributed by atoms with Gasteiger partial charge in [0, 0.05) is 10.9 Å². The third-order valence-electron chi connectivity index (χ3n) is 4.58. The van der Waals surface area contributed by atoms with Crippen molar-refractivity contribution in [2.75, 3.05) is 0 Å². The lowest BCUT2D eigenvalue weighted by Crippen LogP contribution is -2.05. The van der Waals surface area contributed by atoms with Crippen LogP contribution in [-0.2, 0) is 6.61 Å². The van der Waals surface area contributed by atoms with Gasteiger partial charge in [-0.25, -0.2) is 9.18 Å². The molecule has 6 heteroatoms. The summed E-state index contributed by atoms with van der Waals surface area (Å²) in [6.07, 6.45) is 0. The van der Waals surface area contributed by atoms with E-state index in [1.165, 1.54) is 19.1 Å². The monoisotopic (exact) mass is 380 g/mol. The summed E-state index contributed by atoms with van der Waals surface area (Å²) >= 11 is 0. The van der Waals surface area contributed by atoms with Gasteiger partial charge in [0.05, 0.1) is 5.56 Å². The Morgan fingerprint density at radius 2 is 1.75 bits per heavy atom. The molecule has 0 amide bonds. The Bertz CT molecular complexity index is 1220. The largest absolute Gasteiger partial charge is 0.507 e. The molecule has 0 fully saturated rings. The third kappa shape index (κ3) is 3.24. The minimum Gasteiger partial charge on any atom is -0.507 e. The number of fused-ring (bicyclic) bond motifs is 1. The second kappa shape index (κ2) is 6.88. The van der Waals surface area contributed by atoms with Crippen molar-refractivity contribution in [1.29, 1.82) is 0 Å². The van der Waals surface area contributed by atoms with Crippen molar-refractivity contribution < 1.29 is 23.1 Å². The van der Waals surface area contributed by atoms with Gasteiger partial charge in [0.25, 0.3) is 0 Å². The molecule has 4 aromatic rings. The summed E-state index contributed by atoms with van der Waals surface area (Å²) in [7, 11) is 0. The van der Waals surface area contributed by atoms with Gasteiger partial charge < -0.3 is 18.7 Å². The van der Waals surface area contributed by atoms with E-state index in [2.05, 4.69) is 0 Å². The lowest BCUT2D eigenvalue weighted by Gasteiger charge is -2.06. The van der Waals surface area contributed by atoms with Crippen LogP contribution in [0.15, 0.2) is 62.2 Å². The normalized spacial score (nSPS) is 11.1. The molecule has 28 heavy (non-hydrogen) atoms. The number of furan rings is 1. The Balaban J connectivity index is 1.64. The van der Waals surface area contributed by atoms with E-state index in [0.717, 1.165) is 10.9 Å². The molecule has 0 atom stereocenters. The molecule has 0 aliphatic rings. The van der Waals surface area contributed by atoms with Crippen LogP contribution < -0.4 is 10.4 Å². The fraction of sp³-hybridized carbons (Fsp3) is 0.136. The third-order valence-corrected chi connectivity index (χ3v) is 4.58. The van der Waals surface area contributed by atoms with E-state index in [0.29, 0.717) is 29.3 Å². The van der Waals surface area contributed by atoms with Crippen LogP contribution >= 0.6 is 0 Å². The van der Waals surface area contributed by atoms with Crippen LogP contribution in [0.2, 0.25) is 0 Å². The molecular weight excluding hydrogens is 363 g/mol. The van der Waals surface area contributed by atoms with Crippen LogP contribution in [0, 0.1) is 19.7 Å². The summed E-state index contributed by atoms with van der Waals surface area (Å²) < 4.78 is 29.8. The quantitative estimate of drug-likeness (QED) is 0.534. The molecule has 2 heterocycles. The zero-order valence-electron chi connectivity index (χ0n) is 15.3. The van der Waals surface area contributed by atoms with Crippen LogP contribution in [0.3, 0.4) is 0 Å². The van der Waals surface area contributed by atoms with Crippen molar-refractivity contribution in [3.05, 3.63) is 81.5 Å². The molecule has 0 spiro atoms. The number of aromatic hydroxyl groups is 1. The molecule has 4 rings (SSSR count). The van der Waals surface area contributed by atoms with Gasteiger partial charge in [-0.1, -0.05) is 12.1 Å². The van der Waals surface area contributed by atoms with Gasteiger partial charge in [-0.15, -0.1) is 0 Å². The van der Waals surface area contributed by atoms with E-state index in [-0.39, 0.29) is 22.9 Å². The number of ether oxygens (including phenoxy) is 1. The highest BCUT2D eigenvalue weighted by Gasteiger charge is 2.18. The van der Waals surface area contributed by atoms with Crippen LogP contribution in [0.5, 0.6) is 11.5 Å². The molecule has 2 aromatic heterocycles. The first-order chi connectivity index (χ1) is 13.4. The highest BCUT2D eigenvalue weighted by atomic mass is 19.1. The molecule has 0 aliphatic carbocycles. The van der Waals surface area contributed by atoms with Gasteiger partial charge in [0.15, 0.2) is 11.5 Å². The zero-order chi connectivity index (χ0) is 19.8. The highest BCUT2D eigenvalue weighted by Crippen LogP contribution is 2.34. The van der Waals surface area contributed by atoms with Crippen molar-refractivity contribution in [2.24, 2.45) is 0 Å².